The minimum Gasteiger partial charge on any atom is -0.469 e. The van der Waals surface area contributed by atoms with Gasteiger partial charge >= 0.3 is 5.97 Å². The predicted molar refractivity (Wildman–Crippen MR) is 104 cm³/mol. The normalized spacial score (nSPS) is 26.7. The molecule has 0 aromatic heterocycles. The number of fused-ring (bicyclic) bond motifs is 2. The number of carbonyl (C=O) groups excluding carboxylic acids is 1. The molecule has 2 fully saturated rings. The number of benzene rings is 2. The molecule has 2 heterocycles. The molecule has 0 radical (unpaired) electrons. The SMILES string of the molecule is COC(=O)[C@H]1[C@@H](OC(c2ccc(F)cc2)c2ccc(F)cc2)CC2CC[C@H]1N2C. The fourth-order valence-corrected chi connectivity index (χ4v) is 4.81. The zero-order valence-electron chi connectivity index (χ0n) is 16.6. The molecule has 2 bridgehead atoms. The highest BCUT2D eigenvalue weighted by atomic mass is 19.1. The molecule has 0 amide bonds. The van der Waals surface area contributed by atoms with E-state index < -0.39 is 12.0 Å². The number of hydrogen-bond acceptors (Lipinski definition) is 4. The molecule has 2 aromatic rings. The number of nitrogens with zero attached hydrogens (tertiary/aromatic N) is 1. The van der Waals surface area contributed by atoms with Gasteiger partial charge < -0.3 is 9.47 Å². The molecule has 0 spiro atoms. The molecule has 0 saturated carbocycles. The molecular formula is C23H25F2NO3. The summed E-state index contributed by atoms with van der Waals surface area (Å²) in [5.74, 6) is -1.34. The van der Waals surface area contributed by atoms with E-state index in [0.29, 0.717) is 12.5 Å². The van der Waals surface area contributed by atoms with Crippen molar-refractivity contribution in [2.24, 2.45) is 5.92 Å². The summed E-state index contributed by atoms with van der Waals surface area (Å²) >= 11 is 0. The van der Waals surface area contributed by atoms with Gasteiger partial charge in [-0.25, -0.2) is 8.78 Å². The van der Waals surface area contributed by atoms with Crippen LogP contribution in [0.25, 0.3) is 0 Å². The molecule has 0 N–H and O–H groups in total. The zero-order valence-corrected chi connectivity index (χ0v) is 16.6. The lowest BCUT2D eigenvalue weighted by Gasteiger charge is -2.42. The summed E-state index contributed by atoms with van der Waals surface area (Å²) in [7, 11) is 3.45. The molecule has 154 valence electrons. The van der Waals surface area contributed by atoms with Crippen molar-refractivity contribution in [2.75, 3.05) is 14.2 Å². The number of ether oxygens (including phenoxy) is 2. The zero-order chi connectivity index (χ0) is 20.5. The number of piperidine rings is 1. The third kappa shape index (κ3) is 3.91. The maximum atomic E-state index is 13.5. The first kappa shape index (κ1) is 20.0. The monoisotopic (exact) mass is 401 g/mol. The average Bonchev–Trinajstić information content (AvgIpc) is 2.96. The Morgan fingerprint density at radius 2 is 1.55 bits per heavy atom. The molecule has 6 heteroatoms. The Morgan fingerprint density at radius 1 is 1.00 bits per heavy atom. The van der Waals surface area contributed by atoms with Crippen LogP contribution in [0.15, 0.2) is 48.5 Å². The smallest absolute Gasteiger partial charge is 0.312 e. The van der Waals surface area contributed by atoms with Crippen molar-refractivity contribution in [1.82, 2.24) is 4.90 Å². The van der Waals surface area contributed by atoms with Gasteiger partial charge in [0, 0.05) is 12.1 Å². The van der Waals surface area contributed by atoms with E-state index in [0.717, 1.165) is 24.0 Å². The lowest BCUT2D eigenvalue weighted by atomic mass is 9.87. The summed E-state index contributed by atoms with van der Waals surface area (Å²) in [5.41, 5.74) is 1.51. The van der Waals surface area contributed by atoms with Gasteiger partial charge in [0.1, 0.15) is 17.7 Å². The molecule has 4 rings (SSSR count). The number of methoxy groups -OCH3 is 1. The Balaban J connectivity index is 1.68. The highest BCUT2D eigenvalue weighted by Crippen LogP contribution is 2.42. The lowest BCUT2D eigenvalue weighted by molar-refractivity contribution is -0.162. The van der Waals surface area contributed by atoms with Crippen LogP contribution in [0.1, 0.15) is 36.5 Å². The van der Waals surface area contributed by atoms with Crippen LogP contribution in [-0.2, 0) is 14.3 Å². The van der Waals surface area contributed by atoms with Crippen molar-refractivity contribution in [3.05, 3.63) is 71.3 Å². The van der Waals surface area contributed by atoms with Crippen molar-refractivity contribution >= 4 is 5.97 Å². The summed E-state index contributed by atoms with van der Waals surface area (Å²) < 4.78 is 38.6. The molecule has 2 aliphatic heterocycles. The third-order valence-electron chi connectivity index (χ3n) is 6.34. The fraction of sp³-hybridized carbons (Fsp3) is 0.435. The van der Waals surface area contributed by atoms with E-state index in [-0.39, 0.29) is 29.7 Å². The summed E-state index contributed by atoms with van der Waals surface area (Å²) in [4.78, 5) is 14.9. The molecule has 4 atom stereocenters. The summed E-state index contributed by atoms with van der Waals surface area (Å²) in [6.45, 7) is 0. The molecule has 2 aliphatic rings. The fourth-order valence-electron chi connectivity index (χ4n) is 4.81. The van der Waals surface area contributed by atoms with Crippen molar-refractivity contribution in [3.8, 4) is 0 Å². The second-order valence-corrected chi connectivity index (χ2v) is 7.91. The summed E-state index contributed by atoms with van der Waals surface area (Å²) in [5, 5.41) is 0. The third-order valence-corrected chi connectivity index (χ3v) is 6.34. The van der Waals surface area contributed by atoms with Crippen molar-refractivity contribution < 1.29 is 23.0 Å². The number of rotatable bonds is 5. The van der Waals surface area contributed by atoms with Crippen LogP contribution in [0.3, 0.4) is 0 Å². The van der Waals surface area contributed by atoms with E-state index in [1.54, 1.807) is 24.3 Å². The second kappa shape index (κ2) is 8.20. The summed E-state index contributed by atoms with van der Waals surface area (Å²) in [6.07, 6.45) is 1.80. The van der Waals surface area contributed by atoms with Gasteiger partial charge in [0.25, 0.3) is 0 Å². The molecule has 0 aliphatic carbocycles. The first-order chi connectivity index (χ1) is 14.0. The van der Waals surface area contributed by atoms with Crippen LogP contribution in [-0.4, -0.2) is 43.2 Å². The Hall–Kier alpha value is -2.31. The molecule has 2 saturated heterocycles. The highest BCUT2D eigenvalue weighted by molar-refractivity contribution is 5.74. The number of halogens is 2. The topological polar surface area (TPSA) is 38.8 Å². The van der Waals surface area contributed by atoms with Crippen LogP contribution in [0.5, 0.6) is 0 Å². The van der Waals surface area contributed by atoms with Crippen LogP contribution in [0.2, 0.25) is 0 Å². The number of carbonyl (C=O) groups is 1. The first-order valence-corrected chi connectivity index (χ1v) is 9.94. The quantitative estimate of drug-likeness (QED) is 0.708. The van der Waals surface area contributed by atoms with Crippen LogP contribution >= 0.6 is 0 Å². The molecule has 29 heavy (non-hydrogen) atoms. The van der Waals surface area contributed by atoms with Crippen LogP contribution < -0.4 is 0 Å². The standard InChI is InChI=1S/C23H25F2NO3/c1-26-18-11-12-19(26)21(23(27)28-2)20(13-18)29-22(14-3-7-16(24)8-4-14)15-5-9-17(25)10-6-15/h3-10,18-22H,11-13H2,1-2H3/t18?,19-,20+,21-/m1/s1. The molecule has 2 aromatic carbocycles. The van der Waals surface area contributed by atoms with E-state index in [9.17, 15) is 13.6 Å². The lowest BCUT2D eigenvalue weighted by Crippen LogP contribution is -2.53. The maximum Gasteiger partial charge on any atom is 0.312 e. The van der Waals surface area contributed by atoms with Gasteiger partial charge in [-0.2, -0.15) is 0 Å². The minimum atomic E-state index is -0.531. The Kier molecular flexibility index (Phi) is 5.65. The van der Waals surface area contributed by atoms with E-state index in [1.807, 2.05) is 7.05 Å². The number of hydrogen-bond donors (Lipinski definition) is 0. The average molecular weight is 401 g/mol. The number of esters is 1. The molecule has 1 unspecified atom stereocenters. The van der Waals surface area contributed by atoms with Gasteiger partial charge in [-0.05, 0) is 61.7 Å². The highest BCUT2D eigenvalue weighted by Gasteiger charge is 2.50. The minimum absolute atomic E-state index is 0.0771. The van der Waals surface area contributed by atoms with E-state index in [1.165, 1.54) is 31.4 Å². The van der Waals surface area contributed by atoms with Gasteiger partial charge in [-0.1, -0.05) is 24.3 Å². The largest absolute Gasteiger partial charge is 0.469 e. The second-order valence-electron chi connectivity index (χ2n) is 7.91. The van der Waals surface area contributed by atoms with Gasteiger partial charge in [-0.3, -0.25) is 9.69 Å². The van der Waals surface area contributed by atoms with Crippen molar-refractivity contribution in [2.45, 2.75) is 43.6 Å². The van der Waals surface area contributed by atoms with Crippen LogP contribution in [0.4, 0.5) is 8.78 Å². The first-order valence-electron chi connectivity index (χ1n) is 9.94. The molecule has 4 nitrogen and oxygen atoms in total. The van der Waals surface area contributed by atoms with Crippen molar-refractivity contribution in [3.63, 3.8) is 0 Å². The Bertz CT molecular complexity index is 810. The Morgan fingerprint density at radius 3 is 2.07 bits per heavy atom. The van der Waals surface area contributed by atoms with Crippen LogP contribution in [0, 0.1) is 17.6 Å². The predicted octanol–water partition coefficient (Wildman–Crippen LogP) is 4.10. The van der Waals surface area contributed by atoms with Gasteiger partial charge in [-0.15, -0.1) is 0 Å². The summed E-state index contributed by atoms with van der Waals surface area (Å²) in [6, 6.07) is 12.6. The van der Waals surface area contributed by atoms with E-state index in [4.69, 9.17) is 9.47 Å². The van der Waals surface area contributed by atoms with Gasteiger partial charge in [0.15, 0.2) is 0 Å². The molecular weight excluding hydrogens is 376 g/mol. The van der Waals surface area contributed by atoms with E-state index >= 15 is 0 Å². The van der Waals surface area contributed by atoms with Gasteiger partial charge in [0.05, 0.1) is 19.1 Å². The Labute approximate surface area is 169 Å². The van der Waals surface area contributed by atoms with Gasteiger partial charge in [0.2, 0.25) is 0 Å². The van der Waals surface area contributed by atoms with E-state index in [2.05, 4.69) is 4.90 Å². The maximum absolute atomic E-state index is 13.5. The van der Waals surface area contributed by atoms with Crippen molar-refractivity contribution in [1.29, 1.82) is 0 Å².